The van der Waals surface area contributed by atoms with Gasteiger partial charge in [0.2, 0.25) is 0 Å². The average Bonchev–Trinajstić information content (AvgIpc) is 2.33. The van der Waals surface area contributed by atoms with Crippen LogP contribution in [0.1, 0.15) is 17.0 Å². The fraction of sp³-hybridized carbons (Fsp3) is 0.231. The van der Waals surface area contributed by atoms with Gasteiger partial charge in [-0.3, -0.25) is 0 Å². The zero-order chi connectivity index (χ0) is 12.3. The molecule has 4 heteroatoms. The summed E-state index contributed by atoms with van der Waals surface area (Å²) < 4.78 is 0. The molecule has 1 heterocycles. The summed E-state index contributed by atoms with van der Waals surface area (Å²) in [6.07, 6.45) is 0. The predicted molar refractivity (Wildman–Crippen MR) is 69.7 cm³/mol. The number of benzene rings is 1. The van der Waals surface area contributed by atoms with Crippen LogP contribution in [0.25, 0.3) is 0 Å². The molecule has 0 saturated heterocycles. The van der Waals surface area contributed by atoms with Crippen molar-refractivity contribution < 1.29 is 0 Å². The number of rotatable bonds is 3. The first kappa shape index (κ1) is 11.4. The van der Waals surface area contributed by atoms with E-state index in [2.05, 4.69) is 27.4 Å². The highest BCUT2D eigenvalue weighted by molar-refractivity contribution is 5.54. The monoisotopic (exact) mass is 228 g/mol. The summed E-state index contributed by atoms with van der Waals surface area (Å²) in [5, 5.41) is 3.28. The van der Waals surface area contributed by atoms with Crippen LogP contribution in [0.4, 0.5) is 11.6 Å². The largest absolute Gasteiger partial charge is 0.383 e. The fourth-order valence-electron chi connectivity index (χ4n) is 1.60. The molecule has 0 aliphatic carbocycles. The average molecular weight is 228 g/mol. The quantitative estimate of drug-likeness (QED) is 0.846. The van der Waals surface area contributed by atoms with Gasteiger partial charge in [-0.1, -0.05) is 30.3 Å². The first-order valence-corrected chi connectivity index (χ1v) is 5.55. The maximum absolute atomic E-state index is 5.80. The molecule has 0 unspecified atom stereocenters. The van der Waals surface area contributed by atoms with Gasteiger partial charge in [0.25, 0.3) is 0 Å². The molecule has 1 aromatic carbocycles. The molecular weight excluding hydrogens is 212 g/mol. The van der Waals surface area contributed by atoms with Crippen LogP contribution < -0.4 is 11.1 Å². The van der Waals surface area contributed by atoms with E-state index < -0.39 is 0 Å². The van der Waals surface area contributed by atoms with Crippen LogP contribution in [0.3, 0.4) is 0 Å². The fourth-order valence-corrected chi connectivity index (χ4v) is 1.60. The molecule has 4 nitrogen and oxygen atoms in total. The Bertz CT molecular complexity index is 508. The molecule has 17 heavy (non-hydrogen) atoms. The number of hydrogen-bond acceptors (Lipinski definition) is 4. The van der Waals surface area contributed by atoms with Crippen LogP contribution in [0.15, 0.2) is 30.3 Å². The lowest BCUT2D eigenvalue weighted by atomic mass is 10.2. The van der Waals surface area contributed by atoms with Gasteiger partial charge in [0, 0.05) is 12.1 Å². The molecule has 0 aliphatic rings. The molecule has 0 spiro atoms. The number of anilines is 2. The first-order valence-electron chi connectivity index (χ1n) is 5.55. The lowest BCUT2D eigenvalue weighted by Crippen LogP contribution is -2.08. The van der Waals surface area contributed by atoms with Gasteiger partial charge in [-0.25, -0.2) is 9.97 Å². The smallest absolute Gasteiger partial charge is 0.135 e. The molecule has 3 N–H and O–H groups in total. The van der Waals surface area contributed by atoms with Gasteiger partial charge in [-0.2, -0.15) is 0 Å². The molecule has 88 valence electrons. The van der Waals surface area contributed by atoms with E-state index in [1.807, 2.05) is 32.0 Å². The van der Waals surface area contributed by atoms with Crippen LogP contribution in [-0.4, -0.2) is 9.97 Å². The van der Waals surface area contributed by atoms with Crippen LogP contribution in [0.5, 0.6) is 0 Å². The molecule has 2 rings (SSSR count). The van der Waals surface area contributed by atoms with Crippen molar-refractivity contribution in [2.45, 2.75) is 20.4 Å². The van der Waals surface area contributed by atoms with Gasteiger partial charge < -0.3 is 11.1 Å². The van der Waals surface area contributed by atoms with Crippen molar-refractivity contribution in [3.05, 3.63) is 47.3 Å². The number of aromatic nitrogens is 2. The van der Waals surface area contributed by atoms with E-state index >= 15 is 0 Å². The second-order valence-electron chi connectivity index (χ2n) is 3.97. The van der Waals surface area contributed by atoms with E-state index in [-0.39, 0.29) is 0 Å². The summed E-state index contributed by atoms with van der Waals surface area (Å²) in [5.74, 6) is 2.02. The molecule has 0 radical (unpaired) electrons. The Labute approximate surface area is 101 Å². The Morgan fingerprint density at radius 1 is 1.12 bits per heavy atom. The third-order valence-corrected chi connectivity index (χ3v) is 2.60. The van der Waals surface area contributed by atoms with Crippen molar-refractivity contribution in [1.82, 2.24) is 9.97 Å². The molecule has 0 saturated carbocycles. The summed E-state index contributed by atoms with van der Waals surface area (Å²) in [4.78, 5) is 8.46. The second-order valence-corrected chi connectivity index (χ2v) is 3.97. The van der Waals surface area contributed by atoms with Gasteiger partial charge in [-0.15, -0.1) is 0 Å². The van der Waals surface area contributed by atoms with Crippen molar-refractivity contribution in [2.75, 3.05) is 11.1 Å². The first-order chi connectivity index (χ1) is 8.16. The van der Waals surface area contributed by atoms with Gasteiger partial charge >= 0.3 is 0 Å². The lowest BCUT2D eigenvalue weighted by Gasteiger charge is -2.10. The maximum Gasteiger partial charge on any atom is 0.135 e. The Morgan fingerprint density at radius 2 is 1.82 bits per heavy atom. The van der Waals surface area contributed by atoms with Crippen molar-refractivity contribution in [2.24, 2.45) is 0 Å². The SMILES string of the molecule is Cc1nc(N)c(C)c(NCc2ccccc2)n1. The maximum atomic E-state index is 5.80. The number of nitrogen functional groups attached to an aromatic ring is 1. The molecule has 1 aromatic heterocycles. The summed E-state index contributed by atoms with van der Waals surface area (Å²) in [7, 11) is 0. The van der Waals surface area contributed by atoms with Gasteiger partial charge in [0.15, 0.2) is 0 Å². The minimum Gasteiger partial charge on any atom is -0.383 e. The van der Waals surface area contributed by atoms with Crippen LogP contribution in [-0.2, 0) is 6.54 Å². The molecule has 0 atom stereocenters. The van der Waals surface area contributed by atoms with E-state index in [0.29, 0.717) is 11.6 Å². The summed E-state index contributed by atoms with van der Waals surface area (Å²) >= 11 is 0. The van der Waals surface area contributed by atoms with Gasteiger partial charge in [0.1, 0.15) is 17.5 Å². The van der Waals surface area contributed by atoms with Crippen molar-refractivity contribution in [3.63, 3.8) is 0 Å². The Balaban J connectivity index is 2.14. The van der Waals surface area contributed by atoms with Crippen LogP contribution in [0.2, 0.25) is 0 Å². The van der Waals surface area contributed by atoms with Crippen LogP contribution in [0, 0.1) is 13.8 Å². The lowest BCUT2D eigenvalue weighted by molar-refractivity contribution is 1.01. The van der Waals surface area contributed by atoms with Crippen LogP contribution >= 0.6 is 0 Å². The molecular formula is C13H16N4. The zero-order valence-corrected chi connectivity index (χ0v) is 10.1. The predicted octanol–water partition coefficient (Wildman–Crippen LogP) is 2.29. The highest BCUT2D eigenvalue weighted by Gasteiger charge is 2.05. The van der Waals surface area contributed by atoms with E-state index in [1.54, 1.807) is 0 Å². The third-order valence-electron chi connectivity index (χ3n) is 2.60. The normalized spacial score (nSPS) is 10.2. The third kappa shape index (κ3) is 2.72. The molecule has 0 fully saturated rings. The number of nitrogens with one attached hydrogen (secondary N) is 1. The van der Waals surface area contributed by atoms with Crippen molar-refractivity contribution in [1.29, 1.82) is 0 Å². The number of nitrogens with zero attached hydrogens (tertiary/aromatic N) is 2. The minimum absolute atomic E-state index is 0.535. The topological polar surface area (TPSA) is 63.8 Å². The minimum atomic E-state index is 0.535. The molecule has 0 amide bonds. The molecule has 2 aromatic rings. The number of hydrogen-bond donors (Lipinski definition) is 2. The van der Waals surface area contributed by atoms with Gasteiger partial charge in [-0.05, 0) is 19.4 Å². The number of nitrogens with two attached hydrogens (primary N) is 1. The highest BCUT2D eigenvalue weighted by atomic mass is 15.0. The Hall–Kier alpha value is -2.10. The number of aryl methyl sites for hydroxylation is 1. The Kier molecular flexibility index (Phi) is 3.23. The summed E-state index contributed by atoms with van der Waals surface area (Å²) in [6.45, 7) is 4.49. The molecule has 0 bridgehead atoms. The Morgan fingerprint density at radius 3 is 2.53 bits per heavy atom. The zero-order valence-electron chi connectivity index (χ0n) is 10.1. The molecule has 0 aliphatic heterocycles. The van der Waals surface area contributed by atoms with Gasteiger partial charge in [0.05, 0.1) is 0 Å². The van der Waals surface area contributed by atoms with E-state index in [1.165, 1.54) is 5.56 Å². The summed E-state index contributed by atoms with van der Waals surface area (Å²) in [5.41, 5.74) is 7.90. The van der Waals surface area contributed by atoms with Crippen molar-refractivity contribution >= 4 is 11.6 Å². The van der Waals surface area contributed by atoms with Crippen molar-refractivity contribution in [3.8, 4) is 0 Å². The second kappa shape index (κ2) is 4.82. The highest BCUT2D eigenvalue weighted by Crippen LogP contribution is 2.17. The summed E-state index contributed by atoms with van der Waals surface area (Å²) in [6, 6.07) is 10.2. The van der Waals surface area contributed by atoms with E-state index in [4.69, 9.17) is 5.73 Å². The van der Waals surface area contributed by atoms with E-state index in [0.717, 1.165) is 17.9 Å². The standard InChI is InChI=1S/C13H16N4/c1-9-12(14)16-10(2)17-13(9)15-8-11-6-4-3-5-7-11/h3-7H,8H2,1-2H3,(H3,14,15,16,17). The van der Waals surface area contributed by atoms with E-state index in [9.17, 15) is 0 Å².